The number of hydrogen-bond donors (Lipinski definition) is 0. The first-order chi connectivity index (χ1) is 16.7. The average Bonchev–Trinajstić information content (AvgIpc) is 2.80. The molecule has 1 saturated carbocycles. The lowest BCUT2D eigenvalue weighted by molar-refractivity contribution is -0.169. The Kier molecular flexibility index (Phi) is 8.98. The molecule has 3 rings (SSSR count). The predicted molar refractivity (Wildman–Crippen MR) is 130 cm³/mol. The summed E-state index contributed by atoms with van der Waals surface area (Å²) < 4.78 is 33.5. The third kappa shape index (κ3) is 7.62. The fourth-order valence-corrected chi connectivity index (χ4v) is 3.57. The number of esters is 1. The number of aldehydes is 1. The zero-order valence-electron chi connectivity index (χ0n) is 21.0. The van der Waals surface area contributed by atoms with Crippen LogP contribution in [0.5, 0.6) is 23.0 Å². The molecule has 0 amide bonds. The summed E-state index contributed by atoms with van der Waals surface area (Å²) in [6, 6.07) is 10.8. The summed E-state index contributed by atoms with van der Waals surface area (Å²) in [5, 5.41) is 0. The number of rotatable bonds is 12. The molecule has 2 aromatic rings. The van der Waals surface area contributed by atoms with Crippen LogP contribution in [0.1, 0.15) is 49.5 Å². The Balaban J connectivity index is 1.50. The van der Waals surface area contributed by atoms with Gasteiger partial charge in [0.15, 0.2) is 17.8 Å². The molecule has 0 saturated heterocycles. The molecule has 1 aliphatic carbocycles. The van der Waals surface area contributed by atoms with Crippen molar-refractivity contribution >= 4 is 12.3 Å². The van der Waals surface area contributed by atoms with E-state index < -0.39 is 5.60 Å². The lowest BCUT2D eigenvalue weighted by Gasteiger charge is -2.35. The molecule has 1 aliphatic rings. The van der Waals surface area contributed by atoms with Crippen molar-refractivity contribution in [2.45, 2.75) is 51.9 Å². The quantitative estimate of drug-likeness (QED) is 0.244. The molecule has 0 heterocycles. The molecule has 0 aliphatic heterocycles. The Morgan fingerprint density at radius 1 is 0.943 bits per heavy atom. The van der Waals surface area contributed by atoms with E-state index in [0.717, 1.165) is 11.3 Å². The molecule has 0 spiro atoms. The number of carbonyl (C=O) groups is 2. The molecule has 0 radical (unpaired) electrons. The maximum atomic E-state index is 12.1. The Labute approximate surface area is 206 Å². The van der Waals surface area contributed by atoms with Gasteiger partial charge in [-0.1, -0.05) is 12.1 Å². The van der Waals surface area contributed by atoms with Gasteiger partial charge in [0.2, 0.25) is 0 Å². The van der Waals surface area contributed by atoms with Crippen LogP contribution in [0.2, 0.25) is 0 Å². The maximum Gasteiger partial charge on any atom is 0.309 e. The number of hydrogen-bond acceptors (Lipinski definition) is 8. The molecule has 8 nitrogen and oxygen atoms in total. The number of ether oxygens (including phenoxy) is 6. The fraction of sp³-hybridized carbons (Fsp3) is 0.481. The van der Waals surface area contributed by atoms with Gasteiger partial charge in [-0.3, -0.25) is 9.59 Å². The van der Waals surface area contributed by atoms with Crippen LogP contribution in [0.25, 0.3) is 0 Å². The van der Waals surface area contributed by atoms with Crippen LogP contribution in [-0.2, 0) is 20.9 Å². The smallest absolute Gasteiger partial charge is 0.309 e. The van der Waals surface area contributed by atoms with Crippen LogP contribution >= 0.6 is 0 Å². The first kappa shape index (κ1) is 26.3. The zero-order valence-corrected chi connectivity index (χ0v) is 21.0. The third-order valence-corrected chi connectivity index (χ3v) is 5.51. The van der Waals surface area contributed by atoms with Crippen molar-refractivity contribution < 1.29 is 38.0 Å². The summed E-state index contributed by atoms with van der Waals surface area (Å²) in [5.41, 5.74) is 0.823. The van der Waals surface area contributed by atoms with E-state index in [4.69, 9.17) is 28.4 Å². The topological polar surface area (TPSA) is 89.5 Å². The summed E-state index contributed by atoms with van der Waals surface area (Å²) >= 11 is 0. The van der Waals surface area contributed by atoms with Crippen molar-refractivity contribution in [1.29, 1.82) is 0 Å². The van der Waals surface area contributed by atoms with E-state index in [-0.39, 0.29) is 24.6 Å². The van der Waals surface area contributed by atoms with Gasteiger partial charge in [0, 0.05) is 6.07 Å². The second-order valence-electron chi connectivity index (χ2n) is 9.34. The van der Waals surface area contributed by atoms with Gasteiger partial charge in [-0.2, -0.15) is 0 Å². The molecule has 0 atom stereocenters. The van der Waals surface area contributed by atoms with Crippen LogP contribution in [0.4, 0.5) is 0 Å². The van der Waals surface area contributed by atoms with Crippen molar-refractivity contribution in [2.24, 2.45) is 5.92 Å². The first-order valence-electron chi connectivity index (χ1n) is 11.6. The van der Waals surface area contributed by atoms with Crippen LogP contribution in [0.3, 0.4) is 0 Å². The minimum atomic E-state index is -0.483. The van der Waals surface area contributed by atoms with Gasteiger partial charge >= 0.3 is 5.97 Å². The van der Waals surface area contributed by atoms with E-state index in [2.05, 4.69) is 0 Å². The van der Waals surface area contributed by atoms with E-state index in [0.29, 0.717) is 55.2 Å². The van der Waals surface area contributed by atoms with Crippen LogP contribution in [-0.4, -0.2) is 51.4 Å². The third-order valence-electron chi connectivity index (χ3n) is 5.51. The molecule has 2 aromatic carbocycles. The zero-order chi connectivity index (χ0) is 25.4. The van der Waals surface area contributed by atoms with E-state index in [1.54, 1.807) is 19.2 Å². The molecule has 0 N–H and O–H groups in total. The molecule has 1 fully saturated rings. The number of methoxy groups -OCH3 is 2. The second-order valence-corrected chi connectivity index (χ2v) is 9.34. The highest BCUT2D eigenvalue weighted by Crippen LogP contribution is 2.35. The Morgan fingerprint density at radius 2 is 1.66 bits per heavy atom. The Bertz CT molecular complexity index is 987. The van der Waals surface area contributed by atoms with Crippen LogP contribution in [0.15, 0.2) is 36.4 Å². The summed E-state index contributed by atoms with van der Waals surface area (Å²) in [6.45, 7) is 6.46. The molecular formula is C27H34O8. The van der Waals surface area contributed by atoms with Gasteiger partial charge in [-0.05, 0) is 57.4 Å². The minimum absolute atomic E-state index is 0.000850. The summed E-state index contributed by atoms with van der Waals surface area (Å²) in [4.78, 5) is 23.6. The molecule has 0 bridgehead atoms. The van der Waals surface area contributed by atoms with Gasteiger partial charge in [-0.15, -0.1) is 0 Å². The van der Waals surface area contributed by atoms with Crippen molar-refractivity contribution in [3.05, 3.63) is 47.5 Å². The lowest BCUT2D eigenvalue weighted by Crippen LogP contribution is -2.40. The van der Waals surface area contributed by atoms with Crippen molar-refractivity contribution in [2.75, 3.05) is 27.4 Å². The minimum Gasteiger partial charge on any atom is -0.497 e. The summed E-state index contributed by atoms with van der Waals surface area (Å²) in [5.74, 6) is 1.76. The lowest BCUT2D eigenvalue weighted by atomic mass is 9.82. The van der Waals surface area contributed by atoms with Gasteiger partial charge in [0.05, 0.1) is 38.4 Å². The van der Waals surface area contributed by atoms with Crippen LogP contribution in [0, 0.1) is 5.92 Å². The van der Waals surface area contributed by atoms with E-state index in [1.807, 2.05) is 45.0 Å². The Morgan fingerprint density at radius 3 is 2.26 bits per heavy atom. The molecule has 35 heavy (non-hydrogen) atoms. The average molecular weight is 487 g/mol. The molecule has 190 valence electrons. The maximum absolute atomic E-state index is 12.1. The highest BCUT2D eigenvalue weighted by atomic mass is 16.6. The SMILES string of the molecule is COc1ccc(COc2cc(OCCO[C@H]3C[C@@H](C(=O)OC(C)(C)C)C3)c(C=O)cc2OC)cc1. The van der Waals surface area contributed by atoms with E-state index in [9.17, 15) is 9.59 Å². The number of benzene rings is 2. The normalized spacial score (nSPS) is 17.2. The molecule has 0 unspecified atom stereocenters. The van der Waals surface area contributed by atoms with Crippen molar-refractivity contribution in [3.8, 4) is 23.0 Å². The predicted octanol–water partition coefficient (Wildman–Crippen LogP) is 4.61. The second kappa shape index (κ2) is 11.9. The summed E-state index contributed by atoms with van der Waals surface area (Å²) in [6.07, 6.45) is 1.99. The monoisotopic (exact) mass is 486 g/mol. The summed E-state index contributed by atoms with van der Waals surface area (Å²) in [7, 11) is 3.13. The Hall–Kier alpha value is -3.26. The van der Waals surface area contributed by atoms with Gasteiger partial charge < -0.3 is 28.4 Å². The van der Waals surface area contributed by atoms with Gasteiger partial charge in [0.25, 0.3) is 0 Å². The van der Waals surface area contributed by atoms with Crippen molar-refractivity contribution in [1.82, 2.24) is 0 Å². The highest BCUT2D eigenvalue weighted by Gasteiger charge is 2.37. The molecular weight excluding hydrogens is 452 g/mol. The van der Waals surface area contributed by atoms with Gasteiger partial charge in [-0.25, -0.2) is 0 Å². The van der Waals surface area contributed by atoms with E-state index in [1.165, 1.54) is 7.11 Å². The highest BCUT2D eigenvalue weighted by molar-refractivity contribution is 5.81. The standard InChI is InChI=1S/C27H34O8/c1-27(2,3)35-26(29)19-12-22(13-19)32-10-11-33-23-15-25(24(31-5)14-20(23)16-28)34-17-18-6-8-21(30-4)9-7-18/h6-9,14-16,19,22H,10-13,17H2,1-5H3/t19-,22+. The molecule has 8 heteroatoms. The van der Waals surface area contributed by atoms with Crippen LogP contribution < -0.4 is 18.9 Å². The molecule has 0 aromatic heterocycles. The largest absolute Gasteiger partial charge is 0.497 e. The van der Waals surface area contributed by atoms with Gasteiger partial charge in [0.1, 0.15) is 30.3 Å². The first-order valence-corrected chi connectivity index (χ1v) is 11.6. The van der Waals surface area contributed by atoms with E-state index >= 15 is 0 Å². The number of carbonyl (C=O) groups excluding carboxylic acids is 2. The fourth-order valence-electron chi connectivity index (χ4n) is 3.57. The van der Waals surface area contributed by atoms with Crippen molar-refractivity contribution in [3.63, 3.8) is 0 Å².